The third kappa shape index (κ3) is 2.13. The van der Waals surface area contributed by atoms with Gasteiger partial charge >= 0.3 is 74.9 Å². The van der Waals surface area contributed by atoms with Crippen molar-refractivity contribution in [3.8, 4) is 0 Å². The summed E-state index contributed by atoms with van der Waals surface area (Å²) < 4.78 is 2.74. The molecule has 10 heavy (non-hydrogen) atoms. The molecule has 0 aliphatic heterocycles. The summed E-state index contributed by atoms with van der Waals surface area (Å²) in [6.45, 7) is 0. The van der Waals surface area contributed by atoms with Gasteiger partial charge in [-0.15, -0.1) is 0 Å². The van der Waals surface area contributed by atoms with Gasteiger partial charge in [0.05, 0.1) is 0 Å². The van der Waals surface area contributed by atoms with Crippen LogP contribution in [0, 0.1) is 0 Å². The van der Waals surface area contributed by atoms with Crippen molar-refractivity contribution in [3.63, 3.8) is 0 Å². The summed E-state index contributed by atoms with van der Waals surface area (Å²) in [5.74, 6) is 4.73. The minimum absolute atomic E-state index is 0.811. The number of hydrogen-bond donors (Lipinski definition) is 0. The first-order valence-corrected chi connectivity index (χ1v) is 9.30. The van der Waals surface area contributed by atoms with E-state index in [1.807, 2.05) is 0 Å². The maximum atomic E-state index is 3.41. The first kappa shape index (κ1) is 8.34. The van der Waals surface area contributed by atoms with Crippen molar-refractivity contribution in [2.75, 3.05) is 0 Å². The predicted octanol–water partition coefficient (Wildman–Crippen LogP) is 2.41. The van der Waals surface area contributed by atoms with Crippen LogP contribution in [0.25, 0.3) is 0 Å². The van der Waals surface area contributed by atoms with Gasteiger partial charge in [0.1, 0.15) is 0 Å². The Bertz CT molecular complexity index is 203. The number of benzene rings is 1. The molecule has 1 aromatic carbocycles. The van der Waals surface area contributed by atoms with Crippen molar-refractivity contribution < 1.29 is 0 Å². The van der Waals surface area contributed by atoms with Crippen LogP contribution in [0.5, 0.6) is 0 Å². The van der Waals surface area contributed by atoms with Crippen LogP contribution in [-0.2, 0) is 0 Å². The molecular formula is C8H10BrGe. The van der Waals surface area contributed by atoms with E-state index in [0.29, 0.717) is 0 Å². The normalized spacial score (nSPS) is 10.4. The van der Waals surface area contributed by atoms with Gasteiger partial charge in [-0.3, -0.25) is 0 Å². The number of hydrogen-bond acceptors (Lipinski definition) is 0. The van der Waals surface area contributed by atoms with Crippen molar-refractivity contribution in [1.82, 2.24) is 0 Å². The van der Waals surface area contributed by atoms with Crippen LogP contribution >= 0.6 is 15.9 Å². The van der Waals surface area contributed by atoms with Crippen molar-refractivity contribution in [2.24, 2.45) is 0 Å². The zero-order valence-electron chi connectivity index (χ0n) is 6.19. The Labute approximate surface area is 74.9 Å². The predicted molar refractivity (Wildman–Crippen MR) is 51.3 cm³/mol. The van der Waals surface area contributed by atoms with Gasteiger partial charge in [0.2, 0.25) is 0 Å². The quantitative estimate of drug-likeness (QED) is 0.679. The van der Waals surface area contributed by atoms with Gasteiger partial charge < -0.3 is 0 Å². The molecule has 0 unspecified atom stereocenters. The molecule has 0 nitrogen and oxygen atoms in total. The molecule has 1 rings (SSSR count). The van der Waals surface area contributed by atoms with E-state index < -0.39 is 14.3 Å². The van der Waals surface area contributed by atoms with Crippen LogP contribution in [0.3, 0.4) is 0 Å². The summed E-state index contributed by atoms with van der Waals surface area (Å²) in [7, 11) is 0. The van der Waals surface area contributed by atoms with E-state index >= 15 is 0 Å². The monoisotopic (exact) mass is 259 g/mol. The molecule has 0 saturated heterocycles. The Morgan fingerprint density at radius 2 is 1.60 bits per heavy atom. The molecule has 0 atom stereocenters. The van der Waals surface area contributed by atoms with Gasteiger partial charge in [0.25, 0.3) is 0 Å². The van der Waals surface area contributed by atoms with Crippen LogP contribution in [0.2, 0.25) is 11.5 Å². The van der Waals surface area contributed by atoms with Crippen molar-refractivity contribution in [2.45, 2.75) is 11.5 Å². The van der Waals surface area contributed by atoms with Crippen molar-refractivity contribution in [3.05, 3.63) is 28.7 Å². The summed E-state index contributed by atoms with van der Waals surface area (Å²) in [6.07, 6.45) is 0. The number of halogens is 1. The summed E-state index contributed by atoms with van der Waals surface area (Å²) in [5, 5.41) is 0. The van der Waals surface area contributed by atoms with Crippen LogP contribution in [0.15, 0.2) is 28.7 Å². The first-order chi connectivity index (χ1) is 4.70. The SMILES string of the molecule is [CH3][Ge]([CH3])[c]1ccc(Br)cc1. The molecular weight excluding hydrogens is 249 g/mol. The molecule has 1 radical (unpaired) electrons. The second kappa shape index (κ2) is 3.58. The molecule has 0 fully saturated rings. The summed E-state index contributed by atoms with van der Waals surface area (Å²) in [5.41, 5.74) is 0. The fourth-order valence-electron chi connectivity index (χ4n) is 0.783. The van der Waals surface area contributed by atoms with Crippen molar-refractivity contribution in [1.29, 1.82) is 0 Å². The molecule has 2 heteroatoms. The average Bonchev–Trinajstić information content (AvgIpc) is 1.88. The Morgan fingerprint density at radius 3 is 2.00 bits per heavy atom. The molecule has 0 N–H and O–H groups in total. The van der Waals surface area contributed by atoms with E-state index in [0.717, 1.165) is 0 Å². The second-order valence-electron chi connectivity index (χ2n) is 2.51. The Balaban J connectivity index is 2.89. The van der Waals surface area contributed by atoms with E-state index in [1.165, 1.54) is 4.47 Å². The molecule has 0 bridgehead atoms. The summed E-state index contributed by atoms with van der Waals surface area (Å²) >= 11 is 2.60. The molecule has 0 aliphatic rings. The first-order valence-electron chi connectivity index (χ1n) is 3.26. The van der Waals surface area contributed by atoms with Gasteiger partial charge in [-0.1, -0.05) is 0 Å². The topological polar surface area (TPSA) is 0 Å². The molecule has 0 saturated carbocycles. The molecule has 1 aromatic rings. The number of rotatable bonds is 1. The molecule has 0 spiro atoms. The van der Waals surface area contributed by atoms with Crippen LogP contribution < -0.4 is 4.40 Å². The van der Waals surface area contributed by atoms with Gasteiger partial charge in [-0.25, -0.2) is 0 Å². The average molecular weight is 259 g/mol. The Morgan fingerprint density at radius 1 is 1.10 bits per heavy atom. The fraction of sp³-hybridized carbons (Fsp3) is 0.250. The summed E-state index contributed by atoms with van der Waals surface area (Å²) in [4.78, 5) is 0. The van der Waals surface area contributed by atoms with Gasteiger partial charge in [-0.05, 0) is 0 Å². The van der Waals surface area contributed by atoms with Crippen LogP contribution in [-0.4, -0.2) is 14.3 Å². The van der Waals surface area contributed by atoms with E-state index in [1.54, 1.807) is 4.40 Å². The summed E-state index contributed by atoms with van der Waals surface area (Å²) in [6, 6.07) is 8.68. The Hall–Kier alpha value is 0.243. The molecule has 0 aliphatic carbocycles. The van der Waals surface area contributed by atoms with Gasteiger partial charge in [0.15, 0.2) is 0 Å². The van der Waals surface area contributed by atoms with E-state index in [9.17, 15) is 0 Å². The van der Waals surface area contributed by atoms with Gasteiger partial charge in [-0.2, -0.15) is 0 Å². The standard InChI is InChI=1S/C8H10BrGe/c1-10(2)8-5-3-7(9)4-6-8/h3-6H,1-2H3. The van der Waals surface area contributed by atoms with Crippen LogP contribution in [0.1, 0.15) is 0 Å². The van der Waals surface area contributed by atoms with E-state index in [-0.39, 0.29) is 0 Å². The minimum atomic E-state index is -0.811. The third-order valence-corrected chi connectivity index (χ3v) is 5.07. The van der Waals surface area contributed by atoms with E-state index in [2.05, 4.69) is 51.7 Å². The zero-order chi connectivity index (χ0) is 7.56. The third-order valence-electron chi connectivity index (χ3n) is 1.42. The molecule has 0 heterocycles. The van der Waals surface area contributed by atoms with E-state index in [4.69, 9.17) is 0 Å². The molecule has 0 aromatic heterocycles. The van der Waals surface area contributed by atoms with Crippen LogP contribution in [0.4, 0.5) is 0 Å². The van der Waals surface area contributed by atoms with Gasteiger partial charge in [0, 0.05) is 0 Å². The molecule has 53 valence electrons. The fourth-order valence-corrected chi connectivity index (χ4v) is 2.80. The maximum absolute atomic E-state index is 3.41. The molecule has 0 amide bonds. The second-order valence-corrected chi connectivity index (χ2v) is 8.83. The zero-order valence-corrected chi connectivity index (χ0v) is 9.87. The Kier molecular flexibility index (Phi) is 2.99. The van der Waals surface area contributed by atoms with Crippen molar-refractivity contribution >= 4 is 34.7 Å².